The van der Waals surface area contributed by atoms with Crippen LogP contribution in [-0.2, 0) is 9.53 Å². The molecule has 45 heavy (non-hydrogen) atoms. The molecule has 0 radical (unpaired) electrons. The summed E-state index contributed by atoms with van der Waals surface area (Å²) in [7, 11) is 4.49. The first-order chi connectivity index (χ1) is 21.5. The molecule has 12 heteroatoms. The van der Waals surface area contributed by atoms with Gasteiger partial charge in [0.05, 0.1) is 55.3 Å². The van der Waals surface area contributed by atoms with Gasteiger partial charge in [0.15, 0.2) is 16.3 Å². The number of ether oxygens (including phenoxy) is 4. The van der Waals surface area contributed by atoms with Gasteiger partial charge in [0, 0.05) is 17.1 Å². The van der Waals surface area contributed by atoms with Gasteiger partial charge in [0.1, 0.15) is 0 Å². The number of aromatic nitrogens is 2. The van der Waals surface area contributed by atoms with Crippen molar-refractivity contribution < 1.29 is 33.6 Å². The van der Waals surface area contributed by atoms with Crippen molar-refractivity contribution in [2.24, 2.45) is 4.99 Å². The number of carbonyl (C=O) groups excluding carboxylic acids is 1. The second-order valence-corrected chi connectivity index (χ2v) is 11.3. The van der Waals surface area contributed by atoms with Crippen molar-refractivity contribution in [1.82, 2.24) is 9.13 Å². The molecule has 1 atom stereocenters. The number of carboxylic acids is 1. The van der Waals surface area contributed by atoms with Crippen LogP contribution in [0.1, 0.15) is 52.8 Å². The number of esters is 1. The zero-order chi connectivity index (χ0) is 32.6. The molecule has 2 aromatic carbocycles. The van der Waals surface area contributed by atoms with Gasteiger partial charge in [-0.15, -0.1) is 0 Å². The van der Waals surface area contributed by atoms with E-state index in [0.717, 1.165) is 22.6 Å². The van der Waals surface area contributed by atoms with Gasteiger partial charge in [-0.2, -0.15) is 0 Å². The van der Waals surface area contributed by atoms with Crippen molar-refractivity contribution in [2.75, 3.05) is 27.9 Å². The van der Waals surface area contributed by atoms with E-state index in [1.165, 1.54) is 37.2 Å². The molecule has 0 bridgehead atoms. The molecule has 1 aliphatic heterocycles. The van der Waals surface area contributed by atoms with Crippen LogP contribution in [0.25, 0.3) is 11.8 Å². The van der Waals surface area contributed by atoms with Crippen LogP contribution in [0.3, 0.4) is 0 Å². The minimum Gasteiger partial charge on any atom is -0.493 e. The first-order valence-corrected chi connectivity index (χ1v) is 14.9. The van der Waals surface area contributed by atoms with E-state index in [0.29, 0.717) is 37.8 Å². The second kappa shape index (κ2) is 12.5. The number of methoxy groups -OCH3 is 3. The van der Waals surface area contributed by atoms with Crippen molar-refractivity contribution in [2.45, 2.75) is 33.7 Å². The molecule has 0 saturated carbocycles. The molecule has 11 nitrogen and oxygen atoms in total. The van der Waals surface area contributed by atoms with Crippen molar-refractivity contribution in [3.8, 4) is 22.9 Å². The quantitative estimate of drug-likeness (QED) is 0.275. The van der Waals surface area contributed by atoms with Crippen LogP contribution in [0.2, 0.25) is 0 Å². The maximum absolute atomic E-state index is 14.2. The fourth-order valence-electron chi connectivity index (χ4n) is 5.59. The lowest BCUT2D eigenvalue weighted by atomic mass is 9.95. The molecule has 4 aromatic rings. The molecular formula is C33H33N3O8S. The van der Waals surface area contributed by atoms with E-state index in [9.17, 15) is 19.5 Å². The minimum atomic E-state index is -0.996. The van der Waals surface area contributed by atoms with Gasteiger partial charge in [-0.05, 0) is 87.4 Å². The maximum atomic E-state index is 14.2. The van der Waals surface area contributed by atoms with Crippen LogP contribution in [0, 0.1) is 13.8 Å². The first-order valence-electron chi connectivity index (χ1n) is 14.1. The van der Waals surface area contributed by atoms with Crippen LogP contribution in [-0.4, -0.2) is 54.1 Å². The summed E-state index contributed by atoms with van der Waals surface area (Å²) in [5.41, 5.74) is 4.47. The van der Waals surface area contributed by atoms with Gasteiger partial charge in [0.2, 0.25) is 5.75 Å². The normalized spacial score (nSPS) is 14.6. The molecule has 234 valence electrons. The largest absolute Gasteiger partial charge is 0.493 e. The topological polar surface area (TPSA) is 131 Å². The lowest BCUT2D eigenvalue weighted by molar-refractivity contribution is -0.139. The molecule has 1 aliphatic rings. The van der Waals surface area contributed by atoms with Crippen LogP contribution >= 0.6 is 11.3 Å². The standard InChI is InChI=1S/C33H33N3O8S/c1-8-44-32(40)27-18(3)34-33-36(28(27)22-14-24(41-5)29(43-7)25(15-22)42-6)30(37)26(45-33)16-21-13-17(2)35(19(21)4)23-11-9-20(10-12-23)31(38)39/h9-16,28H,8H2,1-7H3,(H,38,39)/b26-16-/t28-/m0/s1. The highest BCUT2D eigenvalue weighted by Crippen LogP contribution is 2.42. The fraction of sp³-hybridized carbons (Fsp3) is 0.273. The highest BCUT2D eigenvalue weighted by atomic mass is 32.1. The Hall–Kier alpha value is -5.10. The third-order valence-corrected chi connectivity index (χ3v) is 8.63. The number of benzene rings is 2. The Balaban J connectivity index is 1.71. The highest BCUT2D eigenvalue weighted by Gasteiger charge is 2.34. The van der Waals surface area contributed by atoms with Crippen LogP contribution in [0.5, 0.6) is 17.2 Å². The molecule has 3 heterocycles. The summed E-state index contributed by atoms with van der Waals surface area (Å²) in [6.07, 6.45) is 1.81. The van der Waals surface area contributed by atoms with Crippen molar-refractivity contribution >= 4 is 29.4 Å². The van der Waals surface area contributed by atoms with Crippen LogP contribution in [0.15, 0.2) is 63.5 Å². The van der Waals surface area contributed by atoms with Gasteiger partial charge >= 0.3 is 11.9 Å². The Morgan fingerprint density at radius 2 is 1.64 bits per heavy atom. The summed E-state index contributed by atoms with van der Waals surface area (Å²) in [4.78, 5) is 44.0. The van der Waals surface area contributed by atoms with E-state index >= 15 is 0 Å². The molecule has 2 aromatic heterocycles. The lowest BCUT2D eigenvalue weighted by Crippen LogP contribution is -2.40. The van der Waals surface area contributed by atoms with Crippen LogP contribution in [0.4, 0.5) is 0 Å². The highest BCUT2D eigenvalue weighted by molar-refractivity contribution is 7.07. The van der Waals surface area contributed by atoms with Crippen molar-refractivity contribution in [3.05, 3.63) is 102 Å². The van der Waals surface area contributed by atoms with E-state index in [2.05, 4.69) is 4.99 Å². The molecule has 1 N–H and O–H groups in total. The molecule has 5 rings (SSSR count). The molecule has 0 spiro atoms. The van der Waals surface area contributed by atoms with E-state index < -0.39 is 18.0 Å². The van der Waals surface area contributed by atoms with E-state index in [4.69, 9.17) is 18.9 Å². The molecule has 0 aliphatic carbocycles. The Morgan fingerprint density at radius 1 is 1.00 bits per heavy atom. The number of hydrogen-bond donors (Lipinski definition) is 1. The average Bonchev–Trinajstić information content (AvgIpc) is 3.48. The number of fused-ring (bicyclic) bond motifs is 1. The van der Waals surface area contributed by atoms with Gasteiger partial charge in [-0.1, -0.05) is 11.3 Å². The van der Waals surface area contributed by atoms with Gasteiger partial charge in [0.25, 0.3) is 5.56 Å². The predicted molar refractivity (Wildman–Crippen MR) is 169 cm³/mol. The van der Waals surface area contributed by atoms with Crippen molar-refractivity contribution in [1.29, 1.82) is 0 Å². The lowest BCUT2D eigenvalue weighted by Gasteiger charge is -2.26. The summed E-state index contributed by atoms with van der Waals surface area (Å²) in [5.74, 6) is -0.456. The predicted octanol–water partition coefficient (Wildman–Crippen LogP) is 3.93. The third-order valence-electron chi connectivity index (χ3n) is 7.65. The Morgan fingerprint density at radius 3 is 2.20 bits per heavy atom. The number of nitrogens with zero attached hydrogens (tertiary/aromatic N) is 3. The summed E-state index contributed by atoms with van der Waals surface area (Å²) in [6.45, 7) is 7.46. The number of carboxylic acid groups (broad SMARTS) is 1. The minimum absolute atomic E-state index is 0.149. The molecular weight excluding hydrogens is 598 g/mol. The van der Waals surface area contributed by atoms with E-state index in [-0.39, 0.29) is 23.3 Å². The maximum Gasteiger partial charge on any atom is 0.338 e. The Bertz CT molecular complexity index is 2010. The Labute approximate surface area is 262 Å². The molecule has 0 amide bonds. The van der Waals surface area contributed by atoms with Gasteiger partial charge < -0.3 is 28.6 Å². The summed E-state index contributed by atoms with van der Waals surface area (Å²) in [5, 5.41) is 9.28. The van der Waals surface area contributed by atoms with E-state index in [1.54, 1.807) is 50.2 Å². The molecule has 0 fully saturated rings. The summed E-state index contributed by atoms with van der Waals surface area (Å²) < 4.78 is 26.0. The Kier molecular flexibility index (Phi) is 8.69. The zero-order valence-corrected chi connectivity index (χ0v) is 26.8. The monoisotopic (exact) mass is 631 g/mol. The summed E-state index contributed by atoms with van der Waals surface area (Å²) in [6, 6.07) is 11.1. The number of carbonyl (C=O) groups is 2. The number of rotatable bonds is 9. The number of aromatic carboxylic acids is 1. The van der Waals surface area contributed by atoms with Crippen LogP contribution < -0.4 is 29.1 Å². The molecule has 0 saturated heterocycles. The number of thiazole rings is 1. The van der Waals surface area contributed by atoms with Gasteiger partial charge in [-0.25, -0.2) is 14.6 Å². The number of aryl methyl sites for hydroxylation is 1. The molecule has 0 unspecified atom stereocenters. The third kappa shape index (κ3) is 5.53. The van der Waals surface area contributed by atoms with Crippen molar-refractivity contribution in [3.63, 3.8) is 0 Å². The van der Waals surface area contributed by atoms with E-state index in [1.807, 2.05) is 30.6 Å². The zero-order valence-electron chi connectivity index (χ0n) is 26.0. The second-order valence-electron chi connectivity index (χ2n) is 10.3. The fourth-order valence-corrected chi connectivity index (χ4v) is 6.63. The SMILES string of the molecule is CCOC(=O)C1=C(C)N=c2s/c(=C\c3cc(C)n(-c4ccc(C(=O)O)cc4)c3C)c(=O)n2[C@H]1c1cc(OC)c(OC)c(OC)c1. The average molecular weight is 632 g/mol. The first kappa shape index (κ1) is 31.3. The smallest absolute Gasteiger partial charge is 0.338 e. The number of allylic oxidation sites excluding steroid dienone is 1. The summed E-state index contributed by atoms with van der Waals surface area (Å²) >= 11 is 1.22. The van der Waals surface area contributed by atoms with Gasteiger partial charge in [-0.3, -0.25) is 9.36 Å². The number of hydrogen-bond acceptors (Lipinski definition) is 9.